The first-order valence-corrected chi connectivity index (χ1v) is 4.99. The molecule has 15 heavy (non-hydrogen) atoms. The number of aliphatic hydroxyl groups is 1. The second-order valence-electron chi connectivity index (χ2n) is 3.26. The minimum Gasteiger partial charge on any atom is -0.390 e. The molecule has 1 aromatic heterocycles. The molecule has 4 heteroatoms. The van der Waals surface area contributed by atoms with E-state index >= 15 is 0 Å². The van der Waals surface area contributed by atoms with Gasteiger partial charge in [0.05, 0.1) is 12.3 Å². The second kappa shape index (κ2) is 4.04. The molecule has 0 fully saturated rings. The molecule has 0 saturated heterocycles. The third kappa shape index (κ3) is 1.76. The first-order valence-electron chi connectivity index (χ1n) is 4.61. The van der Waals surface area contributed by atoms with Crippen molar-refractivity contribution >= 4 is 11.6 Å². The molecule has 0 aliphatic rings. The van der Waals surface area contributed by atoms with Crippen LogP contribution >= 0.6 is 11.6 Å². The van der Waals surface area contributed by atoms with Gasteiger partial charge in [0.25, 0.3) is 0 Å². The number of aromatic nitrogens is 2. The van der Waals surface area contributed by atoms with E-state index in [-0.39, 0.29) is 6.61 Å². The minimum atomic E-state index is -0.102. The van der Waals surface area contributed by atoms with Gasteiger partial charge in [-0.25, -0.2) is 4.98 Å². The Bertz CT molecular complexity index is 465. The Kier molecular flexibility index (Phi) is 2.75. The SMILES string of the molecule is Cn1c(-c2ccccc2)nc(Cl)c1CO. The summed E-state index contributed by atoms with van der Waals surface area (Å²) in [7, 11) is 1.84. The predicted octanol–water partition coefficient (Wildman–Crippen LogP) is 2.23. The minimum absolute atomic E-state index is 0.102. The monoisotopic (exact) mass is 222 g/mol. The molecule has 1 heterocycles. The van der Waals surface area contributed by atoms with Crippen LogP contribution in [0.4, 0.5) is 0 Å². The van der Waals surface area contributed by atoms with Crippen molar-refractivity contribution in [3.63, 3.8) is 0 Å². The summed E-state index contributed by atoms with van der Waals surface area (Å²) in [5, 5.41) is 9.47. The lowest BCUT2D eigenvalue weighted by Gasteiger charge is -2.03. The summed E-state index contributed by atoms with van der Waals surface area (Å²) in [6, 6.07) is 9.74. The lowest BCUT2D eigenvalue weighted by Crippen LogP contribution is -1.98. The molecule has 0 saturated carbocycles. The Balaban J connectivity index is 2.55. The largest absolute Gasteiger partial charge is 0.390 e. The summed E-state index contributed by atoms with van der Waals surface area (Å²) in [4.78, 5) is 4.22. The van der Waals surface area contributed by atoms with Crippen LogP contribution in [0, 0.1) is 0 Å². The van der Waals surface area contributed by atoms with Crippen molar-refractivity contribution < 1.29 is 5.11 Å². The smallest absolute Gasteiger partial charge is 0.153 e. The number of imidazole rings is 1. The van der Waals surface area contributed by atoms with Crippen LogP contribution in [-0.2, 0) is 13.7 Å². The van der Waals surface area contributed by atoms with E-state index in [4.69, 9.17) is 16.7 Å². The summed E-state index contributed by atoms with van der Waals surface area (Å²) in [5.41, 5.74) is 1.62. The number of hydrogen-bond acceptors (Lipinski definition) is 2. The van der Waals surface area contributed by atoms with E-state index in [2.05, 4.69) is 4.98 Å². The normalized spacial score (nSPS) is 10.6. The summed E-state index contributed by atoms with van der Waals surface area (Å²) in [6.45, 7) is -0.102. The molecule has 0 bridgehead atoms. The van der Waals surface area contributed by atoms with Crippen LogP contribution in [0.1, 0.15) is 5.69 Å². The quantitative estimate of drug-likeness (QED) is 0.846. The van der Waals surface area contributed by atoms with Gasteiger partial charge in [-0.2, -0.15) is 0 Å². The van der Waals surface area contributed by atoms with Crippen molar-refractivity contribution in [2.24, 2.45) is 7.05 Å². The van der Waals surface area contributed by atoms with Gasteiger partial charge in [0.1, 0.15) is 5.82 Å². The van der Waals surface area contributed by atoms with Gasteiger partial charge in [0, 0.05) is 12.6 Å². The van der Waals surface area contributed by atoms with E-state index in [9.17, 15) is 0 Å². The van der Waals surface area contributed by atoms with Gasteiger partial charge in [-0.15, -0.1) is 0 Å². The van der Waals surface area contributed by atoms with Crippen LogP contribution in [0.3, 0.4) is 0 Å². The molecule has 0 atom stereocenters. The molecule has 78 valence electrons. The molecule has 3 nitrogen and oxygen atoms in total. The molecule has 0 radical (unpaired) electrons. The zero-order valence-corrected chi connectivity index (χ0v) is 9.07. The van der Waals surface area contributed by atoms with Gasteiger partial charge < -0.3 is 9.67 Å². The fourth-order valence-corrected chi connectivity index (χ4v) is 1.78. The van der Waals surface area contributed by atoms with Gasteiger partial charge in [-0.05, 0) is 0 Å². The Morgan fingerprint density at radius 3 is 2.53 bits per heavy atom. The Hall–Kier alpha value is -1.32. The molecule has 2 aromatic rings. The molecule has 0 aliphatic carbocycles. The van der Waals surface area contributed by atoms with Crippen molar-refractivity contribution in [3.05, 3.63) is 41.2 Å². The molecular formula is C11H11ClN2O. The van der Waals surface area contributed by atoms with Crippen molar-refractivity contribution in [2.75, 3.05) is 0 Å². The van der Waals surface area contributed by atoms with E-state index < -0.39 is 0 Å². The zero-order valence-electron chi connectivity index (χ0n) is 8.31. The van der Waals surface area contributed by atoms with E-state index in [1.165, 1.54) is 0 Å². The maximum absolute atomic E-state index is 9.11. The highest BCUT2D eigenvalue weighted by Gasteiger charge is 2.12. The molecule has 1 N–H and O–H groups in total. The maximum atomic E-state index is 9.11. The van der Waals surface area contributed by atoms with Gasteiger partial charge in [-0.3, -0.25) is 0 Å². The number of halogens is 1. The Labute approximate surface area is 93.0 Å². The fraction of sp³-hybridized carbons (Fsp3) is 0.182. The van der Waals surface area contributed by atoms with E-state index in [0.717, 1.165) is 11.4 Å². The average Bonchev–Trinajstić information content (AvgIpc) is 2.55. The maximum Gasteiger partial charge on any atom is 0.153 e. The van der Waals surface area contributed by atoms with Gasteiger partial charge >= 0.3 is 0 Å². The van der Waals surface area contributed by atoms with Crippen molar-refractivity contribution in [1.29, 1.82) is 0 Å². The summed E-state index contributed by atoms with van der Waals surface area (Å²) < 4.78 is 1.80. The summed E-state index contributed by atoms with van der Waals surface area (Å²) in [5.74, 6) is 0.768. The van der Waals surface area contributed by atoms with Gasteiger partial charge in [0.2, 0.25) is 0 Å². The number of rotatable bonds is 2. The average molecular weight is 223 g/mol. The standard InChI is InChI=1S/C11H11ClN2O/c1-14-9(7-15)10(12)13-11(14)8-5-3-2-4-6-8/h2-6,15H,7H2,1H3. The molecular weight excluding hydrogens is 212 g/mol. The predicted molar refractivity (Wildman–Crippen MR) is 59.6 cm³/mol. The van der Waals surface area contributed by atoms with Crippen molar-refractivity contribution in [3.8, 4) is 11.4 Å². The number of aliphatic hydroxyl groups excluding tert-OH is 1. The van der Waals surface area contributed by atoms with E-state index in [1.54, 1.807) is 4.57 Å². The first-order chi connectivity index (χ1) is 7.24. The third-order valence-electron chi connectivity index (χ3n) is 2.35. The van der Waals surface area contributed by atoms with Crippen LogP contribution in [-0.4, -0.2) is 14.7 Å². The fourth-order valence-electron chi connectivity index (χ4n) is 1.52. The highest BCUT2D eigenvalue weighted by atomic mass is 35.5. The number of benzene rings is 1. The topological polar surface area (TPSA) is 38.0 Å². The molecule has 1 aromatic carbocycles. The molecule has 0 spiro atoms. The third-order valence-corrected chi connectivity index (χ3v) is 2.65. The summed E-state index contributed by atoms with van der Waals surface area (Å²) in [6.07, 6.45) is 0. The number of hydrogen-bond donors (Lipinski definition) is 1. The highest BCUT2D eigenvalue weighted by molar-refractivity contribution is 6.30. The molecule has 0 amide bonds. The van der Waals surface area contributed by atoms with Crippen LogP contribution in [0.15, 0.2) is 30.3 Å². The molecule has 2 rings (SSSR count). The Morgan fingerprint density at radius 1 is 1.33 bits per heavy atom. The zero-order chi connectivity index (χ0) is 10.8. The van der Waals surface area contributed by atoms with Gasteiger partial charge in [-0.1, -0.05) is 41.9 Å². The van der Waals surface area contributed by atoms with Crippen molar-refractivity contribution in [1.82, 2.24) is 9.55 Å². The van der Waals surface area contributed by atoms with Crippen LogP contribution in [0.25, 0.3) is 11.4 Å². The highest BCUT2D eigenvalue weighted by Crippen LogP contribution is 2.23. The Morgan fingerprint density at radius 2 is 2.00 bits per heavy atom. The molecule has 0 aliphatic heterocycles. The lowest BCUT2D eigenvalue weighted by molar-refractivity contribution is 0.273. The lowest BCUT2D eigenvalue weighted by atomic mass is 10.2. The number of nitrogens with zero attached hydrogens (tertiary/aromatic N) is 2. The van der Waals surface area contributed by atoms with Crippen LogP contribution in [0.5, 0.6) is 0 Å². The van der Waals surface area contributed by atoms with E-state index in [1.807, 2.05) is 37.4 Å². The van der Waals surface area contributed by atoms with E-state index in [0.29, 0.717) is 10.8 Å². The second-order valence-corrected chi connectivity index (χ2v) is 3.61. The first kappa shape index (κ1) is 10.2. The van der Waals surface area contributed by atoms with Crippen LogP contribution in [0.2, 0.25) is 5.15 Å². The van der Waals surface area contributed by atoms with Crippen LogP contribution < -0.4 is 0 Å². The molecule has 0 unspecified atom stereocenters. The van der Waals surface area contributed by atoms with Crippen molar-refractivity contribution in [2.45, 2.75) is 6.61 Å². The van der Waals surface area contributed by atoms with Gasteiger partial charge in [0.15, 0.2) is 5.15 Å². The summed E-state index contributed by atoms with van der Waals surface area (Å²) >= 11 is 5.91.